The molecule has 0 atom stereocenters. The molecule has 1 aromatic heterocycles. The summed E-state index contributed by atoms with van der Waals surface area (Å²) < 4.78 is 27.2. The maximum absolute atomic E-state index is 13.6. The molecular weight excluding hydrogens is 334 g/mol. The molecule has 3 aromatic rings. The second-order valence-corrected chi connectivity index (χ2v) is 7.22. The Balaban J connectivity index is 1.67. The minimum absolute atomic E-state index is 0.0677. The molecule has 0 saturated carbocycles. The van der Waals surface area contributed by atoms with Crippen molar-refractivity contribution >= 4 is 16.6 Å². The zero-order valence-corrected chi connectivity index (χ0v) is 14.2. The molecule has 2 heterocycles. The first-order valence-corrected chi connectivity index (χ1v) is 8.92. The van der Waals surface area contributed by atoms with E-state index in [9.17, 15) is 13.6 Å². The SMILES string of the molecule is O=c1c2c([nH]c3ccccc13)-c1cc(N3CCC(F)(F)C3)ccc1CC2. The summed E-state index contributed by atoms with van der Waals surface area (Å²) in [5, 5.41) is 0.699. The first-order chi connectivity index (χ1) is 12.5. The van der Waals surface area contributed by atoms with Crippen LogP contribution in [0.5, 0.6) is 0 Å². The normalized spacial score (nSPS) is 18.0. The molecule has 0 radical (unpaired) electrons. The van der Waals surface area contributed by atoms with E-state index in [1.165, 1.54) is 0 Å². The number of hydrogen-bond donors (Lipinski definition) is 1. The van der Waals surface area contributed by atoms with Gasteiger partial charge in [-0.1, -0.05) is 18.2 Å². The number of nitrogens with zero attached hydrogens (tertiary/aromatic N) is 1. The predicted octanol–water partition coefficient (Wildman–Crippen LogP) is 4.14. The first kappa shape index (κ1) is 15.6. The Morgan fingerprint density at radius 2 is 1.92 bits per heavy atom. The molecular formula is C21H18F2N2O. The fourth-order valence-electron chi connectivity index (χ4n) is 4.17. The highest BCUT2D eigenvalue weighted by atomic mass is 19.3. The van der Waals surface area contributed by atoms with Gasteiger partial charge >= 0.3 is 0 Å². The minimum Gasteiger partial charge on any atom is -0.365 e. The maximum Gasteiger partial charge on any atom is 0.266 e. The largest absolute Gasteiger partial charge is 0.365 e. The van der Waals surface area contributed by atoms with Crippen molar-refractivity contribution in [3.63, 3.8) is 0 Å². The summed E-state index contributed by atoms with van der Waals surface area (Å²) in [7, 11) is 0. The second kappa shape index (κ2) is 5.40. The minimum atomic E-state index is -2.63. The number of nitrogens with one attached hydrogen (secondary N) is 1. The lowest BCUT2D eigenvalue weighted by molar-refractivity contribution is 0.0257. The monoisotopic (exact) mass is 352 g/mol. The zero-order valence-electron chi connectivity index (χ0n) is 14.2. The highest BCUT2D eigenvalue weighted by Gasteiger charge is 2.38. The summed E-state index contributed by atoms with van der Waals surface area (Å²) in [6.07, 6.45) is 1.38. The van der Waals surface area contributed by atoms with E-state index in [2.05, 4.69) is 4.98 Å². The molecule has 5 heteroatoms. The Bertz CT molecular complexity index is 1090. The fourth-order valence-corrected chi connectivity index (χ4v) is 4.17. The van der Waals surface area contributed by atoms with Crippen LogP contribution in [0.15, 0.2) is 47.3 Å². The number of alkyl halides is 2. The predicted molar refractivity (Wildman–Crippen MR) is 99.2 cm³/mol. The number of anilines is 1. The topological polar surface area (TPSA) is 36.1 Å². The van der Waals surface area contributed by atoms with Crippen molar-refractivity contribution in [2.75, 3.05) is 18.0 Å². The third kappa shape index (κ3) is 2.34. The Kier molecular flexibility index (Phi) is 3.23. The number of H-pyrrole nitrogens is 1. The van der Waals surface area contributed by atoms with E-state index >= 15 is 0 Å². The average Bonchev–Trinajstić information content (AvgIpc) is 3.01. The number of benzene rings is 2. The van der Waals surface area contributed by atoms with Crippen molar-refractivity contribution in [1.82, 2.24) is 4.98 Å². The van der Waals surface area contributed by atoms with Crippen molar-refractivity contribution in [2.45, 2.75) is 25.2 Å². The molecule has 0 spiro atoms. The number of pyridine rings is 1. The van der Waals surface area contributed by atoms with Crippen molar-refractivity contribution in [1.29, 1.82) is 0 Å². The fraction of sp³-hybridized carbons (Fsp3) is 0.286. The lowest BCUT2D eigenvalue weighted by atomic mass is 9.87. The van der Waals surface area contributed by atoms with Crippen LogP contribution in [-0.4, -0.2) is 24.0 Å². The summed E-state index contributed by atoms with van der Waals surface area (Å²) in [6.45, 7) is 0.111. The van der Waals surface area contributed by atoms with E-state index in [1.54, 1.807) is 4.90 Å². The third-order valence-electron chi connectivity index (χ3n) is 5.55. The number of para-hydroxylation sites is 1. The molecule has 0 unspecified atom stereocenters. The number of fused-ring (bicyclic) bond motifs is 4. The molecule has 1 N–H and O–H groups in total. The number of hydrogen-bond acceptors (Lipinski definition) is 2. The summed E-state index contributed by atoms with van der Waals surface area (Å²) in [5.41, 5.74) is 5.41. The standard InChI is InChI=1S/C21H18F2N2O/c22-21(23)9-10-25(12-21)14-7-5-13-6-8-16-19(17(13)11-14)24-18-4-2-1-3-15(18)20(16)26/h1-5,7,11H,6,8-10,12H2,(H,24,26). The van der Waals surface area contributed by atoms with Crippen LogP contribution in [0.4, 0.5) is 14.5 Å². The second-order valence-electron chi connectivity index (χ2n) is 7.22. The van der Waals surface area contributed by atoms with Gasteiger partial charge in [0, 0.05) is 40.7 Å². The van der Waals surface area contributed by atoms with Crippen molar-refractivity contribution in [2.24, 2.45) is 0 Å². The van der Waals surface area contributed by atoms with Crippen LogP contribution in [0, 0.1) is 0 Å². The lowest BCUT2D eigenvalue weighted by Gasteiger charge is -2.24. The number of halogens is 2. The van der Waals surface area contributed by atoms with Crippen LogP contribution >= 0.6 is 0 Å². The molecule has 5 rings (SSSR count). The summed E-state index contributed by atoms with van der Waals surface area (Å²) in [6, 6.07) is 13.4. The van der Waals surface area contributed by atoms with E-state index in [4.69, 9.17) is 0 Å². The van der Waals surface area contributed by atoms with Gasteiger partial charge in [0.1, 0.15) is 0 Å². The van der Waals surface area contributed by atoms with Gasteiger partial charge in [-0.15, -0.1) is 0 Å². The van der Waals surface area contributed by atoms with Gasteiger partial charge in [-0.05, 0) is 42.7 Å². The molecule has 26 heavy (non-hydrogen) atoms. The highest BCUT2D eigenvalue weighted by Crippen LogP contribution is 2.37. The molecule has 1 aliphatic carbocycles. The van der Waals surface area contributed by atoms with Gasteiger partial charge in [-0.3, -0.25) is 4.79 Å². The van der Waals surface area contributed by atoms with Crippen LogP contribution in [-0.2, 0) is 12.8 Å². The van der Waals surface area contributed by atoms with E-state index in [-0.39, 0.29) is 18.4 Å². The van der Waals surface area contributed by atoms with E-state index in [0.29, 0.717) is 18.4 Å². The van der Waals surface area contributed by atoms with Crippen LogP contribution in [0.1, 0.15) is 17.5 Å². The molecule has 2 aromatic carbocycles. The molecule has 1 aliphatic heterocycles. The molecule has 1 saturated heterocycles. The molecule has 132 valence electrons. The van der Waals surface area contributed by atoms with Gasteiger partial charge in [0.05, 0.1) is 12.2 Å². The van der Waals surface area contributed by atoms with E-state index in [0.717, 1.165) is 40.0 Å². The van der Waals surface area contributed by atoms with Gasteiger partial charge in [0.2, 0.25) is 0 Å². The molecule has 2 aliphatic rings. The van der Waals surface area contributed by atoms with Crippen molar-refractivity contribution in [3.8, 4) is 11.3 Å². The Labute approximate surface area is 149 Å². The number of aromatic nitrogens is 1. The molecule has 0 bridgehead atoms. The molecule has 3 nitrogen and oxygen atoms in total. The van der Waals surface area contributed by atoms with Gasteiger partial charge in [0.15, 0.2) is 5.43 Å². The quantitative estimate of drug-likeness (QED) is 0.715. The van der Waals surface area contributed by atoms with Crippen LogP contribution < -0.4 is 10.3 Å². The van der Waals surface area contributed by atoms with Crippen molar-refractivity contribution < 1.29 is 8.78 Å². The highest BCUT2D eigenvalue weighted by molar-refractivity contribution is 5.85. The Hall–Kier alpha value is -2.69. The van der Waals surface area contributed by atoms with Crippen LogP contribution in [0.25, 0.3) is 22.2 Å². The average molecular weight is 352 g/mol. The third-order valence-corrected chi connectivity index (χ3v) is 5.55. The Morgan fingerprint density at radius 3 is 2.73 bits per heavy atom. The van der Waals surface area contributed by atoms with Gasteiger partial charge in [-0.25, -0.2) is 8.78 Å². The van der Waals surface area contributed by atoms with Crippen molar-refractivity contribution in [3.05, 3.63) is 63.8 Å². The zero-order chi connectivity index (χ0) is 17.9. The maximum atomic E-state index is 13.6. The molecule has 1 fully saturated rings. The number of rotatable bonds is 1. The lowest BCUT2D eigenvalue weighted by Crippen LogP contribution is -2.25. The van der Waals surface area contributed by atoms with Gasteiger partial charge in [0.25, 0.3) is 5.92 Å². The Morgan fingerprint density at radius 1 is 1.08 bits per heavy atom. The first-order valence-electron chi connectivity index (χ1n) is 8.92. The smallest absolute Gasteiger partial charge is 0.266 e. The number of aryl methyl sites for hydroxylation is 1. The summed E-state index contributed by atoms with van der Waals surface area (Å²) in [4.78, 5) is 18.0. The van der Waals surface area contributed by atoms with Crippen LogP contribution in [0.3, 0.4) is 0 Å². The van der Waals surface area contributed by atoms with E-state index in [1.807, 2.05) is 42.5 Å². The van der Waals surface area contributed by atoms with E-state index < -0.39 is 5.92 Å². The summed E-state index contributed by atoms with van der Waals surface area (Å²) >= 11 is 0. The van der Waals surface area contributed by atoms with Gasteiger partial charge < -0.3 is 9.88 Å². The summed E-state index contributed by atoms with van der Waals surface area (Å²) in [5.74, 6) is -2.63. The molecule has 0 amide bonds. The van der Waals surface area contributed by atoms with Crippen LogP contribution in [0.2, 0.25) is 0 Å². The van der Waals surface area contributed by atoms with Gasteiger partial charge in [-0.2, -0.15) is 0 Å². The number of aromatic amines is 1.